The Morgan fingerprint density at radius 2 is 2.21 bits per heavy atom. The lowest BCUT2D eigenvalue weighted by atomic mass is 9.91. The van der Waals surface area contributed by atoms with Gasteiger partial charge in [0, 0.05) is 18.4 Å². The highest BCUT2D eigenvalue weighted by atomic mass is 16.5. The predicted octanol–water partition coefficient (Wildman–Crippen LogP) is 3.25. The number of ether oxygens (including phenoxy) is 1. The van der Waals surface area contributed by atoms with Crippen molar-refractivity contribution in [1.29, 1.82) is 0 Å². The minimum atomic E-state index is 0.563. The molecule has 2 aliphatic rings. The Hall–Kier alpha value is -0.800. The Bertz CT molecular complexity index is 409. The second-order valence-electron chi connectivity index (χ2n) is 6.10. The van der Waals surface area contributed by atoms with Gasteiger partial charge in [0.2, 0.25) is 0 Å². The fourth-order valence-corrected chi connectivity index (χ4v) is 2.96. The summed E-state index contributed by atoms with van der Waals surface area (Å²) >= 11 is 0. The highest BCUT2D eigenvalue weighted by Gasteiger charge is 2.23. The standard InChI is InChI=1S/C16H26N2O/c1-2-8-17-16-5-3-4-14-9-18(10-15(14)16)12-19-11-13-6-7-13/h9-10,13,16-17H,2-8,11-12H2,1H3. The van der Waals surface area contributed by atoms with Gasteiger partial charge in [-0.2, -0.15) is 0 Å². The molecule has 0 spiro atoms. The maximum Gasteiger partial charge on any atom is 0.122 e. The average Bonchev–Trinajstić information content (AvgIpc) is 3.14. The summed E-state index contributed by atoms with van der Waals surface area (Å²) in [5, 5.41) is 3.67. The molecular weight excluding hydrogens is 236 g/mol. The van der Waals surface area contributed by atoms with Crippen molar-refractivity contribution >= 4 is 0 Å². The first-order chi connectivity index (χ1) is 9.36. The smallest absolute Gasteiger partial charge is 0.122 e. The van der Waals surface area contributed by atoms with E-state index in [0.29, 0.717) is 6.04 Å². The lowest BCUT2D eigenvalue weighted by Gasteiger charge is -2.23. The highest BCUT2D eigenvalue weighted by Crippen LogP contribution is 2.31. The number of hydrogen-bond donors (Lipinski definition) is 1. The van der Waals surface area contributed by atoms with Crippen LogP contribution in [0.1, 0.15) is 56.2 Å². The van der Waals surface area contributed by atoms with Crippen LogP contribution in [0.25, 0.3) is 0 Å². The van der Waals surface area contributed by atoms with E-state index < -0.39 is 0 Å². The van der Waals surface area contributed by atoms with Crippen molar-refractivity contribution in [2.24, 2.45) is 5.92 Å². The summed E-state index contributed by atoms with van der Waals surface area (Å²) in [6.07, 6.45) is 12.3. The van der Waals surface area contributed by atoms with Crippen LogP contribution in [0.2, 0.25) is 0 Å². The molecule has 1 heterocycles. The van der Waals surface area contributed by atoms with E-state index in [-0.39, 0.29) is 0 Å². The molecule has 1 aromatic rings. The minimum absolute atomic E-state index is 0.563. The van der Waals surface area contributed by atoms with Crippen LogP contribution in [0.3, 0.4) is 0 Å². The Morgan fingerprint density at radius 1 is 1.32 bits per heavy atom. The quantitative estimate of drug-likeness (QED) is 0.816. The summed E-state index contributed by atoms with van der Waals surface area (Å²) in [4.78, 5) is 0. The van der Waals surface area contributed by atoms with E-state index in [1.807, 2.05) is 0 Å². The number of aryl methyl sites for hydroxylation is 1. The summed E-state index contributed by atoms with van der Waals surface area (Å²) in [5.74, 6) is 0.851. The van der Waals surface area contributed by atoms with Crippen molar-refractivity contribution in [3.8, 4) is 0 Å². The lowest BCUT2D eigenvalue weighted by molar-refractivity contribution is 0.0691. The van der Waals surface area contributed by atoms with Gasteiger partial charge in [-0.1, -0.05) is 6.92 Å². The first kappa shape index (κ1) is 13.2. The molecule has 1 atom stereocenters. The average molecular weight is 262 g/mol. The van der Waals surface area contributed by atoms with Crippen LogP contribution in [0.15, 0.2) is 12.4 Å². The summed E-state index contributed by atoms with van der Waals surface area (Å²) < 4.78 is 8.02. The Morgan fingerprint density at radius 3 is 3.00 bits per heavy atom. The van der Waals surface area contributed by atoms with Crippen molar-refractivity contribution in [3.05, 3.63) is 23.5 Å². The van der Waals surface area contributed by atoms with Gasteiger partial charge in [0.15, 0.2) is 0 Å². The summed E-state index contributed by atoms with van der Waals surface area (Å²) in [5.41, 5.74) is 3.03. The van der Waals surface area contributed by atoms with Crippen molar-refractivity contribution in [2.75, 3.05) is 13.2 Å². The lowest BCUT2D eigenvalue weighted by Crippen LogP contribution is -2.24. The summed E-state index contributed by atoms with van der Waals surface area (Å²) in [6.45, 7) is 5.02. The largest absolute Gasteiger partial charge is 0.361 e. The topological polar surface area (TPSA) is 26.2 Å². The van der Waals surface area contributed by atoms with Gasteiger partial charge in [0.05, 0.1) is 6.61 Å². The molecule has 0 radical (unpaired) electrons. The van der Waals surface area contributed by atoms with Gasteiger partial charge in [0.1, 0.15) is 6.73 Å². The molecule has 1 fully saturated rings. The first-order valence-electron chi connectivity index (χ1n) is 7.86. The maximum absolute atomic E-state index is 5.78. The molecular formula is C16H26N2O. The highest BCUT2D eigenvalue weighted by molar-refractivity contribution is 5.30. The van der Waals surface area contributed by atoms with Crippen molar-refractivity contribution in [3.63, 3.8) is 0 Å². The molecule has 3 heteroatoms. The van der Waals surface area contributed by atoms with Crippen LogP contribution in [0.5, 0.6) is 0 Å². The van der Waals surface area contributed by atoms with Crippen molar-refractivity contribution in [2.45, 2.75) is 58.2 Å². The first-order valence-corrected chi connectivity index (χ1v) is 7.86. The van der Waals surface area contributed by atoms with Crippen LogP contribution < -0.4 is 5.32 Å². The van der Waals surface area contributed by atoms with Gasteiger partial charge < -0.3 is 14.6 Å². The molecule has 1 aromatic heterocycles. The number of nitrogens with zero attached hydrogens (tertiary/aromatic N) is 1. The summed E-state index contributed by atoms with van der Waals surface area (Å²) in [6, 6.07) is 0.563. The number of rotatable bonds is 7. The molecule has 19 heavy (non-hydrogen) atoms. The number of hydrogen-bond acceptors (Lipinski definition) is 2. The third-order valence-corrected chi connectivity index (χ3v) is 4.24. The zero-order chi connectivity index (χ0) is 13.1. The second-order valence-corrected chi connectivity index (χ2v) is 6.10. The Kier molecular flexibility index (Phi) is 4.24. The number of nitrogens with one attached hydrogen (secondary N) is 1. The third kappa shape index (κ3) is 3.40. The van der Waals surface area contributed by atoms with Crippen LogP contribution in [0.4, 0.5) is 0 Å². The van der Waals surface area contributed by atoms with Gasteiger partial charge in [-0.25, -0.2) is 0 Å². The summed E-state index contributed by atoms with van der Waals surface area (Å²) in [7, 11) is 0. The van der Waals surface area contributed by atoms with E-state index in [1.165, 1.54) is 49.7 Å². The number of aromatic nitrogens is 1. The molecule has 0 bridgehead atoms. The van der Waals surface area contributed by atoms with Gasteiger partial charge >= 0.3 is 0 Å². The molecule has 0 aromatic carbocycles. The van der Waals surface area contributed by atoms with Crippen LogP contribution in [-0.2, 0) is 17.9 Å². The monoisotopic (exact) mass is 262 g/mol. The van der Waals surface area contributed by atoms with Crippen LogP contribution in [-0.4, -0.2) is 17.7 Å². The van der Waals surface area contributed by atoms with Crippen molar-refractivity contribution in [1.82, 2.24) is 9.88 Å². The van der Waals surface area contributed by atoms with Crippen molar-refractivity contribution < 1.29 is 4.74 Å². The minimum Gasteiger partial charge on any atom is -0.361 e. The molecule has 2 aliphatic carbocycles. The Balaban J connectivity index is 1.59. The normalized spacial score (nSPS) is 22.5. The second kappa shape index (κ2) is 6.10. The molecule has 0 amide bonds. The fourth-order valence-electron chi connectivity index (χ4n) is 2.96. The van der Waals surface area contributed by atoms with Gasteiger partial charge in [-0.15, -0.1) is 0 Å². The van der Waals surface area contributed by atoms with E-state index in [4.69, 9.17) is 4.74 Å². The van der Waals surface area contributed by atoms with E-state index in [9.17, 15) is 0 Å². The molecule has 1 unspecified atom stereocenters. The Labute approximate surface area is 116 Å². The fraction of sp³-hybridized carbons (Fsp3) is 0.750. The molecule has 106 valence electrons. The van der Waals surface area contributed by atoms with Crippen LogP contribution >= 0.6 is 0 Å². The maximum atomic E-state index is 5.78. The van der Waals surface area contributed by atoms with Gasteiger partial charge in [0.25, 0.3) is 0 Å². The van der Waals surface area contributed by atoms with Gasteiger partial charge in [-0.3, -0.25) is 0 Å². The van der Waals surface area contributed by atoms with E-state index in [2.05, 4.69) is 29.2 Å². The predicted molar refractivity (Wildman–Crippen MR) is 77.1 cm³/mol. The molecule has 3 rings (SSSR count). The third-order valence-electron chi connectivity index (χ3n) is 4.24. The molecule has 0 saturated heterocycles. The molecule has 1 saturated carbocycles. The molecule has 0 aliphatic heterocycles. The molecule has 3 nitrogen and oxygen atoms in total. The zero-order valence-electron chi connectivity index (χ0n) is 12.0. The SMILES string of the molecule is CCCNC1CCCc2cn(COCC3CC3)cc21. The van der Waals surface area contributed by atoms with E-state index in [1.54, 1.807) is 0 Å². The molecule has 1 N–H and O–H groups in total. The van der Waals surface area contributed by atoms with E-state index in [0.717, 1.165) is 25.8 Å². The van der Waals surface area contributed by atoms with Crippen LogP contribution in [0, 0.1) is 5.92 Å². The van der Waals surface area contributed by atoms with E-state index >= 15 is 0 Å². The number of fused-ring (bicyclic) bond motifs is 1. The zero-order valence-corrected chi connectivity index (χ0v) is 12.0. The van der Waals surface area contributed by atoms with Gasteiger partial charge in [-0.05, 0) is 62.1 Å².